The van der Waals surface area contributed by atoms with Gasteiger partial charge in [-0.05, 0) is 49.1 Å². The molecule has 1 saturated carbocycles. The maximum Gasteiger partial charge on any atom is 0.238 e. The third kappa shape index (κ3) is 4.84. The van der Waals surface area contributed by atoms with E-state index < -0.39 is 0 Å². The topological polar surface area (TPSA) is 70.2 Å². The van der Waals surface area contributed by atoms with Crippen molar-refractivity contribution in [2.75, 3.05) is 17.2 Å². The Hall–Kier alpha value is -2.37. The van der Waals surface area contributed by atoms with Crippen LogP contribution < -0.4 is 16.0 Å². The molecule has 1 fully saturated rings. The SMILES string of the molecule is Cc1c(NC(=O)CNCc2ccccc2Cl)cccc1NC(=O)C1CC1. The lowest BCUT2D eigenvalue weighted by Gasteiger charge is -2.14. The third-order valence-electron chi connectivity index (χ3n) is 4.37. The lowest BCUT2D eigenvalue weighted by atomic mass is 10.1. The summed E-state index contributed by atoms with van der Waals surface area (Å²) in [7, 11) is 0. The van der Waals surface area contributed by atoms with Crippen LogP contribution in [0.4, 0.5) is 11.4 Å². The zero-order chi connectivity index (χ0) is 18.5. The summed E-state index contributed by atoms with van der Waals surface area (Å²) in [5.74, 6) is 0.0467. The van der Waals surface area contributed by atoms with Gasteiger partial charge < -0.3 is 16.0 Å². The molecular formula is C20H22ClN3O2. The molecule has 0 aromatic heterocycles. The minimum atomic E-state index is -0.147. The molecule has 0 radical (unpaired) electrons. The van der Waals surface area contributed by atoms with Gasteiger partial charge in [0.1, 0.15) is 0 Å². The van der Waals surface area contributed by atoms with Gasteiger partial charge in [0.15, 0.2) is 0 Å². The summed E-state index contributed by atoms with van der Waals surface area (Å²) in [4.78, 5) is 24.1. The number of rotatable bonds is 7. The highest BCUT2D eigenvalue weighted by Crippen LogP contribution is 2.31. The number of nitrogens with one attached hydrogen (secondary N) is 3. The second kappa shape index (κ2) is 8.34. The van der Waals surface area contributed by atoms with Crippen molar-refractivity contribution in [1.29, 1.82) is 0 Å². The summed E-state index contributed by atoms with van der Waals surface area (Å²) in [6, 6.07) is 13.0. The quantitative estimate of drug-likeness (QED) is 0.694. The van der Waals surface area contributed by atoms with Crippen molar-refractivity contribution >= 4 is 34.8 Å². The molecule has 2 amide bonds. The van der Waals surface area contributed by atoms with Gasteiger partial charge in [-0.3, -0.25) is 9.59 Å². The van der Waals surface area contributed by atoms with Crippen LogP contribution in [0.15, 0.2) is 42.5 Å². The van der Waals surface area contributed by atoms with Crippen molar-refractivity contribution in [1.82, 2.24) is 5.32 Å². The van der Waals surface area contributed by atoms with E-state index in [-0.39, 0.29) is 24.3 Å². The fourth-order valence-corrected chi connectivity index (χ4v) is 2.84. The first-order valence-corrected chi connectivity index (χ1v) is 9.07. The number of carbonyl (C=O) groups excluding carboxylic acids is 2. The van der Waals surface area contributed by atoms with Crippen molar-refractivity contribution in [3.8, 4) is 0 Å². The highest BCUT2D eigenvalue weighted by molar-refractivity contribution is 6.31. The molecule has 2 aromatic carbocycles. The van der Waals surface area contributed by atoms with Gasteiger partial charge in [0, 0.05) is 28.9 Å². The standard InChI is InChI=1S/C20H22ClN3O2/c1-13-17(7-4-8-18(13)24-20(26)14-9-10-14)23-19(25)12-22-11-15-5-2-3-6-16(15)21/h2-8,14,22H,9-12H2,1H3,(H,23,25)(H,24,26). The van der Waals surface area contributed by atoms with Crippen LogP contribution in [0, 0.1) is 12.8 Å². The number of hydrogen-bond donors (Lipinski definition) is 3. The normalized spacial score (nSPS) is 13.3. The molecule has 1 aliphatic carbocycles. The van der Waals surface area contributed by atoms with Crippen molar-refractivity contribution < 1.29 is 9.59 Å². The molecule has 5 nitrogen and oxygen atoms in total. The first-order chi connectivity index (χ1) is 12.5. The van der Waals surface area contributed by atoms with Crippen LogP contribution in [0.2, 0.25) is 5.02 Å². The van der Waals surface area contributed by atoms with Crippen LogP contribution in [0.3, 0.4) is 0 Å². The van der Waals surface area contributed by atoms with Crippen LogP contribution >= 0.6 is 11.6 Å². The summed E-state index contributed by atoms with van der Waals surface area (Å²) in [6.45, 7) is 2.57. The number of hydrogen-bond acceptors (Lipinski definition) is 3. The Labute approximate surface area is 158 Å². The summed E-state index contributed by atoms with van der Waals surface area (Å²) in [5, 5.41) is 9.58. The van der Waals surface area contributed by atoms with Gasteiger partial charge >= 0.3 is 0 Å². The van der Waals surface area contributed by atoms with Crippen LogP contribution in [-0.2, 0) is 16.1 Å². The largest absolute Gasteiger partial charge is 0.326 e. The molecule has 0 spiro atoms. The van der Waals surface area contributed by atoms with Gasteiger partial charge in [-0.1, -0.05) is 35.9 Å². The van der Waals surface area contributed by atoms with E-state index in [4.69, 9.17) is 11.6 Å². The molecular weight excluding hydrogens is 350 g/mol. The fraction of sp³-hybridized carbons (Fsp3) is 0.300. The second-order valence-corrected chi connectivity index (χ2v) is 6.89. The minimum Gasteiger partial charge on any atom is -0.326 e. The number of anilines is 2. The summed E-state index contributed by atoms with van der Waals surface area (Å²) < 4.78 is 0. The molecule has 0 atom stereocenters. The fourth-order valence-electron chi connectivity index (χ4n) is 2.63. The zero-order valence-electron chi connectivity index (χ0n) is 14.6. The average Bonchev–Trinajstić information content (AvgIpc) is 3.45. The van der Waals surface area contributed by atoms with Crippen molar-refractivity contribution in [2.24, 2.45) is 5.92 Å². The van der Waals surface area contributed by atoms with Gasteiger partial charge in [0.05, 0.1) is 6.54 Å². The lowest BCUT2D eigenvalue weighted by Crippen LogP contribution is -2.28. The van der Waals surface area contributed by atoms with Crippen molar-refractivity contribution in [3.05, 3.63) is 58.6 Å². The Morgan fingerprint density at radius 3 is 2.42 bits per heavy atom. The summed E-state index contributed by atoms with van der Waals surface area (Å²) in [6.07, 6.45) is 1.91. The third-order valence-corrected chi connectivity index (χ3v) is 4.74. The van der Waals surface area contributed by atoms with Gasteiger partial charge in [-0.2, -0.15) is 0 Å². The first-order valence-electron chi connectivity index (χ1n) is 8.69. The molecule has 1 aliphatic rings. The molecule has 0 saturated heterocycles. The van der Waals surface area contributed by atoms with E-state index in [0.717, 1.165) is 29.7 Å². The lowest BCUT2D eigenvalue weighted by molar-refractivity contribution is -0.117. The maximum absolute atomic E-state index is 12.2. The Bertz CT molecular complexity index is 818. The van der Waals surface area contributed by atoms with Crippen LogP contribution in [0.25, 0.3) is 0 Å². The predicted molar refractivity (Wildman–Crippen MR) is 104 cm³/mol. The Kier molecular flexibility index (Phi) is 5.91. The molecule has 2 aromatic rings. The number of carbonyl (C=O) groups is 2. The zero-order valence-corrected chi connectivity index (χ0v) is 15.4. The predicted octanol–water partition coefficient (Wildman–Crippen LogP) is 3.73. The number of amides is 2. The summed E-state index contributed by atoms with van der Waals surface area (Å²) in [5.41, 5.74) is 3.23. The molecule has 0 unspecified atom stereocenters. The summed E-state index contributed by atoms with van der Waals surface area (Å²) >= 11 is 6.10. The molecule has 0 heterocycles. The van der Waals surface area contributed by atoms with E-state index in [1.54, 1.807) is 0 Å². The Morgan fingerprint density at radius 1 is 1.04 bits per heavy atom. The molecule has 0 bridgehead atoms. The van der Waals surface area contributed by atoms with Gasteiger partial charge in [-0.25, -0.2) is 0 Å². The second-order valence-electron chi connectivity index (χ2n) is 6.48. The van der Waals surface area contributed by atoms with Gasteiger partial charge in [0.2, 0.25) is 11.8 Å². The first kappa shape index (κ1) is 18.4. The smallest absolute Gasteiger partial charge is 0.238 e. The van der Waals surface area contributed by atoms with E-state index in [2.05, 4.69) is 16.0 Å². The molecule has 26 heavy (non-hydrogen) atoms. The van der Waals surface area contributed by atoms with Gasteiger partial charge in [0.25, 0.3) is 0 Å². The average molecular weight is 372 g/mol. The minimum absolute atomic E-state index is 0.0537. The van der Waals surface area contributed by atoms with E-state index in [1.807, 2.05) is 49.4 Å². The van der Waals surface area contributed by atoms with E-state index >= 15 is 0 Å². The Morgan fingerprint density at radius 2 is 1.73 bits per heavy atom. The van der Waals surface area contributed by atoms with E-state index in [1.165, 1.54) is 0 Å². The van der Waals surface area contributed by atoms with Crippen LogP contribution in [0.1, 0.15) is 24.0 Å². The monoisotopic (exact) mass is 371 g/mol. The molecule has 6 heteroatoms. The van der Waals surface area contributed by atoms with E-state index in [0.29, 0.717) is 17.3 Å². The van der Waals surface area contributed by atoms with Crippen molar-refractivity contribution in [2.45, 2.75) is 26.3 Å². The molecule has 0 aliphatic heterocycles. The highest BCUT2D eigenvalue weighted by Gasteiger charge is 2.29. The molecule has 3 rings (SSSR count). The number of benzene rings is 2. The molecule has 136 valence electrons. The van der Waals surface area contributed by atoms with E-state index in [9.17, 15) is 9.59 Å². The van der Waals surface area contributed by atoms with Crippen LogP contribution in [0.5, 0.6) is 0 Å². The highest BCUT2D eigenvalue weighted by atomic mass is 35.5. The Balaban J connectivity index is 1.53. The molecule has 3 N–H and O–H groups in total. The van der Waals surface area contributed by atoms with Crippen LogP contribution in [-0.4, -0.2) is 18.4 Å². The maximum atomic E-state index is 12.2. The number of halogens is 1. The van der Waals surface area contributed by atoms with Gasteiger partial charge in [-0.15, -0.1) is 0 Å². The van der Waals surface area contributed by atoms with Crippen molar-refractivity contribution in [3.63, 3.8) is 0 Å².